The molecule has 0 saturated carbocycles. The van der Waals surface area contributed by atoms with Crippen LogP contribution in [0, 0.1) is 0 Å². The molecule has 5 heteroatoms. The second-order valence-corrected chi connectivity index (χ2v) is 6.80. The van der Waals surface area contributed by atoms with Gasteiger partial charge in [-0.05, 0) is 37.2 Å². The molecule has 0 bridgehead atoms. The van der Waals surface area contributed by atoms with Gasteiger partial charge in [0.25, 0.3) is 0 Å². The number of hydrogen-bond acceptors (Lipinski definition) is 5. The molecule has 1 aliphatic rings. The van der Waals surface area contributed by atoms with Crippen LogP contribution >= 0.6 is 0 Å². The van der Waals surface area contributed by atoms with Crippen LogP contribution in [0.4, 0.5) is 0 Å². The van der Waals surface area contributed by atoms with Crippen LogP contribution in [0.15, 0.2) is 53.1 Å². The summed E-state index contributed by atoms with van der Waals surface area (Å²) in [4.78, 5) is 6.76. The zero-order valence-corrected chi connectivity index (χ0v) is 14.6. The van der Waals surface area contributed by atoms with Crippen molar-refractivity contribution in [3.05, 3.63) is 71.1 Å². The highest BCUT2D eigenvalue weighted by Gasteiger charge is 2.24. The fraction of sp³-hybridized carbons (Fsp3) is 0.300. The van der Waals surface area contributed by atoms with Gasteiger partial charge in [0, 0.05) is 18.7 Å². The maximum Gasteiger partial charge on any atom is 0.244 e. The van der Waals surface area contributed by atoms with Crippen molar-refractivity contribution >= 4 is 0 Å². The average molecular weight is 334 g/mol. The van der Waals surface area contributed by atoms with E-state index < -0.39 is 0 Å². The highest BCUT2D eigenvalue weighted by Crippen LogP contribution is 2.26. The summed E-state index contributed by atoms with van der Waals surface area (Å²) in [7, 11) is 4.13. The zero-order chi connectivity index (χ0) is 17.2. The predicted octanol–water partition coefficient (Wildman–Crippen LogP) is 3.19. The molecule has 128 valence electrons. The van der Waals surface area contributed by atoms with Gasteiger partial charge in [-0.1, -0.05) is 53.7 Å². The lowest BCUT2D eigenvalue weighted by atomic mass is 9.96. The molecule has 3 aromatic rings. The van der Waals surface area contributed by atoms with Crippen molar-refractivity contribution in [1.29, 1.82) is 0 Å². The van der Waals surface area contributed by atoms with Crippen LogP contribution in [0.3, 0.4) is 0 Å². The smallest absolute Gasteiger partial charge is 0.244 e. The summed E-state index contributed by atoms with van der Waals surface area (Å²) in [6.45, 7) is 1.75. The number of nitrogens with one attached hydrogen (secondary N) is 1. The quantitative estimate of drug-likeness (QED) is 0.794. The van der Waals surface area contributed by atoms with E-state index in [1.54, 1.807) is 0 Å². The molecule has 2 heterocycles. The summed E-state index contributed by atoms with van der Waals surface area (Å²) >= 11 is 0. The Hall–Kier alpha value is -2.50. The van der Waals surface area contributed by atoms with E-state index in [9.17, 15) is 0 Å². The van der Waals surface area contributed by atoms with Gasteiger partial charge in [-0.3, -0.25) is 0 Å². The fourth-order valence-corrected chi connectivity index (χ4v) is 3.25. The average Bonchev–Trinajstić information content (AvgIpc) is 3.11. The van der Waals surface area contributed by atoms with E-state index in [4.69, 9.17) is 4.52 Å². The van der Waals surface area contributed by atoms with Gasteiger partial charge in [-0.2, -0.15) is 4.98 Å². The normalized spacial score (nSPS) is 16.8. The molecular weight excluding hydrogens is 312 g/mol. The Morgan fingerprint density at radius 3 is 2.60 bits per heavy atom. The minimum atomic E-state index is 0.0733. The van der Waals surface area contributed by atoms with Gasteiger partial charge in [0.1, 0.15) is 0 Å². The van der Waals surface area contributed by atoms with Gasteiger partial charge in [-0.25, -0.2) is 0 Å². The topological polar surface area (TPSA) is 54.2 Å². The van der Waals surface area contributed by atoms with E-state index in [1.165, 1.54) is 16.7 Å². The van der Waals surface area contributed by atoms with Crippen LogP contribution in [0.2, 0.25) is 0 Å². The molecule has 0 amide bonds. The third kappa shape index (κ3) is 3.48. The van der Waals surface area contributed by atoms with E-state index in [1.807, 2.05) is 0 Å². The molecule has 1 aliphatic heterocycles. The molecule has 2 aromatic carbocycles. The molecule has 1 aromatic heterocycles. The summed E-state index contributed by atoms with van der Waals surface area (Å²) in [5.74, 6) is 1.30. The Labute approximate surface area is 147 Å². The second kappa shape index (κ2) is 6.78. The van der Waals surface area contributed by atoms with Crippen molar-refractivity contribution < 1.29 is 4.52 Å². The van der Waals surface area contributed by atoms with Crippen LogP contribution in [0.25, 0.3) is 11.4 Å². The van der Waals surface area contributed by atoms with E-state index >= 15 is 0 Å². The summed E-state index contributed by atoms with van der Waals surface area (Å²) in [5.41, 5.74) is 4.94. The monoisotopic (exact) mass is 334 g/mol. The van der Waals surface area contributed by atoms with Crippen LogP contribution in [0.5, 0.6) is 0 Å². The first-order chi connectivity index (χ1) is 12.2. The lowest BCUT2D eigenvalue weighted by Gasteiger charge is -2.23. The number of hydrogen-bond donors (Lipinski definition) is 1. The highest BCUT2D eigenvalue weighted by molar-refractivity contribution is 5.54. The molecule has 0 aliphatic carbocycles. The molecule has 5 nitrogen and oxygen atoms in total. The number of aromatic nitrogens is 2. The lowest BCUT2D eigenvalue weighted by molar-refractivity contribution is 0.321. The number of nitrogens with zero attached hydrogens (tertiary/aromatic N) is 3. The van der Waals surface area contributed by atoms with Crippen molar-refractivity contribution in [2.45, 2.75) is 25.6 Å². The van der Waals surface area contributed by atoms with Gasteiger partial charge in [0.2, 0.25) is 11.7 Å². The maximum absolute atomic E-state index is 5.54. The molecule has 0 radical (unpaired) electrons. The third-order valence-corrected chi connectivity index (χ3v) is 4.53. The summed E-state index contributed by atoms with van der Waals surface area (Å²) in [5, 5.41) is 7.66. The van der Waals surface area contributed by atoms with Gasteiger partial charge in [0.05, 0.1) is 6.04 Å². The second-order valence-electron chi connectivity index (χ2n) is 6.80. The van der Waals surface area contributed by atoms with E-state index in [0.717, 1.165) is 25.1 Å². The number of rotatable bonds is 4. The molecular formula is C20H22N4O. The Kier molecular flexibility index (Phi) is 4.34. The molecule has 0 spiro atoms. The summed E-state index contributed by atoms with van der Waals surface area (Å²) in [6.07, 6.45) is 0.875. The summed E-state index contributed by atoms with van der Waals surface area (Å²) < 4.78 is 5.54. The molecule has 4 rings (SSSR count). The molecule has 0 unspecified atom stereocenters. The van der Waals surface area contributed by atoms with Gasteiger partial charge < -0.3 is 14.7 Å². The van der Waals surface area contributed by atoms with E-state index in [-0.39, 0.29) is 6.04 Å². The first kappa shape index (κ1) is 16.0. The molecule has 1 N–H and O–H groups in total. The molecule has 25 heavy (non-hydrogen) atoms. The standard InChI is InChI=1S/C20H22N4O/c1-24(2)13-14-7-9-15(10-8-14)19-22-20(25-23-19)18-11-16-5-3-4-6-17(16)12-21-18/h3-10,18,21H,11-13H2,1-2H3/t18-/m0/s1. The fourth-order valence-electron chi connectivity index (χ4n) is 3.25. The first-order valence-electron chi connectivity index (χ1n) is 8.57. The van der Waals surface area contributed by atoms with Crippen molar-refractivity contribution in [2.75, 3.05) is 14.1 Å². The summed E-state index contributed by atoms with van der Waals surface area (Å²) in [6, 6.07) is 16.9. The van der Waals surface area contributed by atoms with E-state index in [2.05, 4.69) is 83.0 Å². The zero-order valence-electron chi connectivity index (χ0n) is 14.6. The Morgan fingerprint density at radius 2 is 1.84 bits per heavy atom. The van der Waals surface area contributed by atoms with Crippen LogP contribution in [-0.4, -0.2) is 29.1 Å². The van der Waals surface area contributed by atoms with Gasteiger partial charge in [-0.15, -0.1) is 0 Å². The van der Waals surface area contributed by atoms with Crippen molar-refractivity contribution in [1.82, 2.24) is 20.4 Å². The Bertz CT molecular complexity index is 854. The van der Waals surface area contributed by atoms with Crippen molar-refractivity contribution in [2.24, 2.45) is 0 Å². The first-order valence-corrected chi connectivity index (χ1v) is 8.57. The lowest BCUT2D eigenvalue weighted by Crippen LogP contribution is -2.28. The van der Waals surface area contributed by atoms with Gasteiger partial charge in [0.15, 0.2) is 0 Å². The van der Waals surface area contributed by atoms with Crippen LogP contribution in [-0.2, 0) is 19.5 Å². The molecule has 0 fully saturated rings. The van der Waals surface area contributed by atoms with Crippen LogP contribution in [0.1, 0.15) is 28.6 Å². The van der Waals surface area contributed by atoms with Gasteiger partial charge >= 0.3 is 0 Å². The number of fused-ring (bicyclic) bond motifs is 1. The number of benzene rings is 2. The Balaban J connectivity index is 1.51. The molecule has 0 saturated heterocycles. The van der Waals surface area contributed by atoms with Crippen LogP contribution < -0.4 is 5.32 Å². The predicted molar refractivity (Wildman–Crippen MR) is 96.9 cm³/mol. The van der Waals surface area contributed by atoms with Crippen molar-refractivity contribution in [3.63, 3.8) is 0 Å². The highest BCUT2D eigenvalue weighted by atomic mass is 16.5. The maximum atomic E-state index is 5.54. The minimum absolute atomic E-state index is 0.0733. The SMILES string of the molecule is CN(C)Cc1ccc(-c2noc([C@@H]3Cc4ccccc4CN3)n2)cc1. The molecule has 1 atom stereocenters. The minimum Gasteiger partial charge on any atom is -0.337 e. The Morgan fingerprint density at radius 1 is 1.08 bits per heavy atom. The van der Waals surface area contributed by atoms with Crippen molar-refractivity contribution in [3.8, 4) is 11.4 Å². The third-order valence-electron chi connectivity index (χ3n) is 4.53. The largest absolute Gasteiger partial charge is 0.337 e. The van der Waals surface area contributed by atoms with E-state index in [0.29, 0.717) is 11.7 Å².